The molecule has 2 radical (unpaired) electrons. The number of nitrogens with zero attached hydrogens (tertiary/aromatic N) is 1. The molecule has 0 fully saturated rings. The summed E-state index contributed by atoms with van der Waals surface area (Å²) in [6.07, 6.45) is 0. The van der Waals surface area contributed by atoms with Gasteiger partial charge in [0, 0.05) is 11.6 Å². The molecule has 0 aromatic rings. The number of halogens is 1. The summed E-state index contributed by atoms with van der Waals surface area (Å²) in [4.78, 5) is 8.77. The van der Waals surface area contributed by atoms with Crippen LogP contribution in [0.2, 0.25) is 0 Å². The molecule has 0 aliphatic rings. The predicted octanol–water partition coefficient (Wildman–Crippen LogP) is -2.34. The van der Waals surface area contributed by atoms with Crippen molar-refractivity contribution in [1.29, 1.82) is 5.26 Å². The van der Waals surface area contributed by atoms with E-state index >= 15 is 0 Å². The normalized spacial score (nSPS) is 4.00. The first-order chi connectivity index (χ1) is 3.15. The van der Waals surface area contributed by atoms with Crippen LogP contribution >= 0.6 is 11.6 Å². The maximum absolute atomic E-state index is 8.77. The quantitative estimate of drug-likeness (QED) is 0.304. The number of hydrogen-bond donors (Lipinski definition) is 1. The molecule has 3 nitrogen and oxygen atoms in total. The third-order valence-electron chi connectivity index (χ3n) is 0. The van der Waals surface area contributed by atoms with E-state index in [0.29, 0.717) is 0 Å². The third kappa shape index (κ3) is 1800. The summed E-state index contributed by atoms with van der Waals surface area (Å²) < 4.78 is 0. The minimum absolute atomic E-state index is 0. The van der Waals surface area contributed by atoms with Gasteiger partial charge in [0.1, 0.15) is 0 Å². The molecule has 0 aromatic heterocycles. The second-order valence-corrected chi connectivity index (χ2v) is 0.705. The number of carboxylic acid groups (broad SMARTS) is 1. The van der Waals surface area contributed by atoms with E-state index in [2.05, 4.69) is 19.4 Å². The fourth-order valence-electron chi connectivity index (χ4n) is 0. The van der Waals surface area contributed by atoms with Gasteiger partial charge in [-0.2, -0.15) is 0 Å². The molecule has 38 valence electrons. The molecule has 0 heterocycles. The molecule has 0 atom stereocenters. The van der Waals surface area contributed by atoms with E-state index in [-0.39, 0.29) is 31.0 Å². The largest absolute Gasteiger partial charge is 1.00 e. The molecule has 0 aromatic carbocycles. The van der Waals surface area contributed by atoms with Crippen molar-refractivity contribution in [1.82, 2.24) is 0 Å². The van der Waals surface area contributed by atoms with E-state index in [1.54, 1.807) is 0 Å². The van der Waals surface area contributed by atoms with E-state index in [4.69, 9.17) is 15.2 Å². The number of carbonyl (C=O) groups is 1. The Balaban J connectivity index is -0.0000000233. The smallest absolute Gasteiger partial charge is 1.00 e. The van der Waals surface area contributed by atoms with Crippen molar-refractivity contribution in [3.63, 3.8) is 0 Å². The van der Waals surface area contributed by atoms with Crippen LogP contribution in [0.1, 0.15) is 1.43 Å². The first-order valence-electron chi connectivity index (χ1n) is 1.13. The Labute approximate surface area is 76.8 Å². The Morgan fingerprint density at radius 1 is 2.00 bits per heavy atom. The molecule has 0 saturated heterocycles. The van der Waals surface area contributed by atoms with E-state index in [0.717, 1.165) is 0 Å². The van der Waals surface area contributed by atoms with Crippen molar-refractivity contribution < 1.29 is 40.9 Å². The van der Waals surface area contributed by atoms with Crippen LogP contribution in [0.15, 0.2) is 0 Å². The summed E-state index contributed by atoms with van der Waals surface area (Å²) >= 11 is 4.19. The van der Waals surface area contributed by atoms with Crippen LogP contribution < -0.4 is 29.6 Å². The molecule has 0 saturated carbocycles. The van der Waals surface area contributed by atoms with Crippen LogP contribution in [-0.4, -0.2) is 18.4 Å². The van der Waals surface area contributed by atoms with Gasteiger partial charge in [-0.25, -0.2) is 10.1 Å². The van der Waals surface area contributed by atoms with Gasteiger partial charge < -0.3 is 6.53 Å². The Bertz CT molecular complexity index is 93.1. The van der Waals surface area contributed by atoms with Gasteiger partial charge in [0.05, 0.1) is 0 Å². The van der Waals surface area contributed by atoms with Crippen molar-refractivity contribution in [3.05, 3.63) is 0 Å². The van der Waals surface area contributed by atoms with Gasteiger partial charge in [-0.15, -0.1) is 0 Å². The topological polar surface area (TPSA) is 61.1 Å². The minimum atomic E-state index is -1.36. The number of rotatable bonds is 0. The SMILES string of the molecule is O=C(O)Cl.[B]C#N.[H-].[Na+]. The maximum Gasteiger partial charge on any atom is 1.00 e. The van der Waals surface area contributed by atoms with Gasteiger partial charge in [-0.05, 0) is 5.97 Å². The van der Waals surface area contributed by atoms with Crippen LogP contribution in [0.3, 0.4) is 0 Å². The van der Waals surface area contributed by atoms with Gasteiger partial charge in [0.15, 0.2) is 0 Å². The predicted molar refractivity (Wildman–Crippen MR) is 26.4 cm³/mol. The van der Waals surface area contributed by atoms with Gasteiger partial charge in [-0.3, -0.25) is 0 Å². The van der Waals surface area contributed by atoms with Crippen LogP contribution in [-0.2, 0) is 0 Å². The van der Waals surface area contributed by atoms with Crippen LogP contribution in [0.4, 0.5) is 4.79 Å². The van der Waals surface area contributed by atoms with Gasteiger partial charge >= 0.3 is 35.0 Å². The van der Waals surface area contributed by atoms with Crippen LogP contribution in [0.25, 0.3) is 0 Å². The zero-order chi connectivity index (χ0) is 6.28. The zero-order valence-corrected chi connectivity index (χ0v) is 7.01. The Kier molecular flexibility index (Phi) is 30.8. The third-order valence-corrected chi connectivity index (χ3v) is 0. The molecule has 6 heteroatoms. The van der Waals surface area contributed by atoms with Gasteiger partial charge in [0.2, 0.25) is 7.85 Å². The first-order valence-corrected chi connectivity index (χ1v) is 1.51. The summed E-state index contributed by atoms with van der Waals surface area (Å²) in [7, 11) is 4.15. The minimum Gasteiger partial charge on any atom is -1.00 e. The molecule has 8 heavy (non-hydrogen) atoms. The number of nitriles is 1. The number of hydrogen-bond acceptors (Lipinski definition) is 2. The fourth-order valence-corrected chi connectivity index (χ4v) is 0. The van der Waals surface area contributed by atoms with Crippen molar-refractivity contribution in [2.75, 3.05) is 0 Å². The summed E-state index contributed by atoms with van der Waals surface area (Å²) in [6, 6.07) is 0. The average molecular weight is 141 g/mol. The Morgan fingerprint density at radius 3 is 2.00 bits per heavy atom. The molecule has 0 aliphatic carbocycles. The first kappa shape index (κ1) is 15.8. The molecule has 0 rings (SSSR count). The standard InChI is InChI=1S/CBN.CHClO2.Na.H/c2-1-3;2-1(3)4;;/h;(H,3,4);;/q;;+1;-1. The molecule has 0 spiro atoms. The fraction of sp³-hybridized carbons (Fsp3) is 0. The van der Waals surface area contributed by atoms with Crippen molar-refractivity contribution in [2.45, 2.75) is 0 Å². The van der Waals surface area contributed by atoms with Gasteiger partial charge in [-0.1, -0.05) is 0 Å². The van der Waals surface area contributed by atoms with Gasteiger partial charge in [0.25, 0.3) is 0 Å². The molecular weight excluding hydrogens is 139 g/mol. The summed E-state index contributed by atoms with van der Waals surface area (Å²) in [5.41, 5.74) is -1.36. The molecule has 0 aliphatic heterocycles. The second kappa shape index (κ2) is 15.7. The molecule has 0 bridgehead atoms. The second-order valence-electron chi connectivity index (χ2n) is 0.382. The van der Waals surface area contributed by atoms with E-state index in [1.807, 2.05) is 0 Å². The summed E-state index contributed by atoms with van der Waals surface area (Å²) in [5, 5.41) is 14.3. The van der Waals surface area contributed by atoms with Crippen molar-refractivity contribution >= 4 is 24.9 Å². The van der Waals surface area contributed by atoms with E-state index < -0.39 is 5.43 Å². The van der Waals surface area contributed by atoms with E-state index in [1.165, 1.54) is 5.97 Å². The summed E-state index contributed by atoms with van der Waals surface area (Å²) in [6.45, 7) is 0. The van der Waals surface area contributed by atoms with Crippen molar-refractivity contribution in [2.24, 2.45) is 0 Å². The Hall–Kier alpha value is 0.315. The molecule has 0 unspecified atom stereocenters. The maximum atomic E-state index is 8.77. The zero-order valence-electron chi connectivity index (χ0n) is 5.26. The Morgan fingerprint density at radius 2 is 2.00 bits per heavy atom. The molecule has 1 N–H and O–H groups in total. The van der Waals surface area contributed by atoms with E-state index in [9.17, 15) is 0 Å². The molecule has 0 amide bonds. The molecular formula is C2H2BClNNaO2. The van der Waals surface area contributed by atoms with Crippen molar-refractivity contribution in [3.8, 4) is 5.97 Å². The van der Waals surface area contributed by atoms with Crippen LogP contribution in [0.5, 0.6) is 0 Å². The summed E-state index contributed by atoms with van der Waals surface area (Å²) in [5.74, 6) is 1.25. The van der Waals surface area contributed by atoms with Crippen LogP contribution in [0, 0.1) is 11.2 Å². The average Bonchev–Trinajstić information content (AvgIpc) is 1.33. The monoisotopic (exact) mass is 141 g/mol.